The highest BCUT2D eigenvalue weighted by Crippen LogP contribution is 2.39. The lowest BCUT2D eigenvalue weighted by atomic mass is 9.72. The molecule has 1 heterocycles. The van der Waals surface area contributed by atoms with Gasteiger partial charge in [-0.15, -0.1) is 0 Å². The third kappa shape index (κ3) is 6.74. The highest BCUT2D eigenvalue weighted by molar-refractivity contribution is 5.66. The first-order valence-corrected chi connectivity index (χ1v) is 11.5. The summed E-state index contributed by atoms with van der Waals surface area (Å²) in [4.78, 5) is 13.2. The highest BCUT2D eigenvalue weighted by Gasteiger charge is 2.30. The molecule has 2 fully saturated rings. The first-order valence-electron chi connectivity index (χ1n) is 11.5. The number of hydrogen-bond acceptors (Lipinski definition) is 3. The van der Waals surface area contributed by atoms with Crippen molar-refractivity contribution in [3.63, 3.8) is 0 Å². The van der Waals surface area contributed by atoms with Gasteiger partial charge < -0.3 is 14.7 Å². The number of carbonyl (C=O) groups is 1. The Morgan fingerprint density at radius 2 is 1.79 bits per heavy atom. The monoisotopic (exact) mass is 401 g/mol. The van der Waals surface area contributed by atoms with Gasteiger partial charge in [0, 0.05) is 13.0 Å². The number of ether oxygens (including phenoxy) is 1. The van der Waals surface area contributed by atoms with E-state index in [1.807, 2.05) is 0 Å². The molecule has 1 aromatic rings. The van der Waals surface area contributed by atoms with Gasteiger partial charge in [0.15, 0.2) is 0 Å². The zero-order valence-electron chi connectivity index (χ0n) is 18.5. The van der Waals surface area contributed by atoms with Gasteiger partial charge in [0.1, 0.15) is 5.75 Å². The molecule has 4 heteroatoms. The van der Waals surface area contributed by atoms with Gasteiger partial charge >= 0.3 is 5.97 Å². The van der Waals surface area contributed by atoms with Crippen molar-refractivity contribution in [2.24, 2.45) is 11.3 Å². The normalized spacial score (nSPS) is 26.2. The van der Waals surface area contributed by atoms with Crippen molar-refractivity contribution in [1.82, 2.24) is 4.90 Å². The molecule has 162 valence electrons. The number of benzene rings is 1. The largest absolute Gasteiger partial charge is 0.490 e. The number of aliphatic carboxylic acids is 1. The van der Waals surface area contributed by atoms with Crippen LogP contribution in [-0.4, -0.2) is 41.7 Å². The summed E-state index contributed by atoms with van der Waals surface area (Å²) in [6.45, 7) is 10.1. The van der Waals surface area contributed by atoms with E-state index < -0.39 is 5.97 Å². The van der Waals surface area contributed by atoms with E-state index in [0.717, 1.165) is 50.6 Å². The van der Waals surface area contributed by atoms with E-state index in [9.17, 15) is 4.79 Å². The van der Waals surface area contributed by atoms with Crippen LogP contribution in [0.15, 0.2) is 24.3 Å². The number of rotatable bonds is 7. The van der Waals surface area contributed by atoms with Crippen LogP contribution < -0.4 is 4.74 Å². The van der Waals surface area contributed by atoms with Gasteiger partial charge in [-0.05, 0) is 93.0 Å². The molecule has 1 saturated heterocycles. The lowest BCUT2D eigenvalue weighted by Gasteiger charge is -2.37. The van der Waals surface area contributed by atoms with E-state index in [1.54, 1.807) is 0 Å². The molecule has 4 nitrogen and oxygen atoms in total. The Labute approximate surface area is 176 Å². The fraction of sp³-hybridized carbons (Fsp3) is 0.720. The molecule has 1 aromatic carbocycles. The second kappa shape index (κ2) is 9.97. The molecule has 3 rings (SSSR count). The molecule has 0 aromatic heterocycles. The number of piperidine rings is 1. The summed E-state index contributed by atoms with van der Waals surface area (Å²) in [7, 11) is 0. The maximum Gasteiger partial charge on any atom is 0.303 e. The van der Waals surface area contributed by atoms with E-state index in [0.29, 0.717) is 17.4 Å². The van der Waals surface area contributed by atoms with Crippen LogP contribution in [0.5, 0.6) is 5.75 Å². The lowest BCUT2D eigenvalue weighted by Crippen LogP contribution is -2.35. The average Bonchev–Trinajstić information content (AvgIpc) is 2.68. The molecule has 0 bridgehead atoms. The Hall–Kier alpha value is -1.55. The molecule has 1 aliphatic carbocycles. The number of nitrogens with zero attached hydrogens (tertiary/aromatic N) is 1. The molecular weight excluding hydrogens is 362 g/mol. The van der Waals surface area contributed by atoms with Crippen molar-refractivity contribution in [3.8, 4) is 5.75 Å². The van der Waals surface area contributed by atoms with Gasteiger partial charge in [-0.25, -0.2) is 0 Å². The van der Waals surface area contributed by atoms with Crippen molar-refractivity contribution < 1.29 is 14.6 Å². The molecule has 0 radical (unpaired) electrons. The maximum absolute atomic E-state index is 10.7. The van der Waals surface area contributed by atoms with E-state index in [2.05, 4.69) is 49.9 Å². The SMILES string of the molecule is CC(C)(C)C1CCC(Oc2ccc(C3CCCN(CCCC(=O)O)C3)cc2)CC1. The summed E-state index contributed by atoms with van der Waals surface area (Å²) < 4.78 is 6.29. The molecule has 29 heavy (non-hydrogen) atoms. The second-order valence-electron chi connectivity index (χ2n) is 10.2. The molecule has 1 unspecified atom stereocenters. The van der Waals surface area contributed by atoms with Crippen LogP contribution >= 0.6 is 0 Å². The molecule has 1 N–H and O–H groups in total. The van der Waals surface area contributed by atoms with E-state index in [1.165, 1.54) is 31.2 Å². The molecule has 1 saturated carbocycles. The predicted molar refractivity (Wildman–Crippen MR) is 118 cm³/mol. The van der Waals surface area contributed by atoms with Gasteiger partial charge in [0.2, 0.25) is 0 Å². The molecule has 0 spiro atoms. The van der Waals surface area contributed by atoms with Crippen LogP contribution in [0.1, 0.15) is 83.6 Å². The van der Waals surface area contributed by atoms with Gasteiger partial charge in [0.05, 0.1) is 6.10 Å². The molecular formula is C25H39NO3. The van der Waals surface area contributed by atoms with Gasteiger partial charge in [-0.3, -0.25) is 4.79 Å². The summed E-state index contributed by atoms with van der Waals surface area (Å²) in [5.41, 5.74) is 1.80. The zero-order chi connectivity index (χ0) is 20.9. The van der Waals surface area contributed by atoms with Crippen molar-refractivity contribution in [2.45, 2.75) is 84.2 Å². The second-order valence-corrected chi connectivity index (χ2v) is 10.2. The minimum absolute atomic E-state index is 0.269. The molecule has 1 aliphatic heterocycles. The van der Waals surface area contributed by atoms with Crippen LogP contribution in [0.2, 0.25) is 0 Å². The van der Waals surface area contributed by atoms with E-state index >= 15 is 0 Å². The van der Waals surface area contributed by atoms with Crippen LogP contribution in [0.25, 0.3) is 0 Å². The van der Waals surface area contributed by atoms with Gasteiger partial charge in [0.25, 0.3) is 0 Å². The fourth-order valence-corrected chi connectivity index (χ4v) is 5.04. The molecule has 0 amide bonds. The summed E-state index contributed by atoms with van der Waals surface area (Å²) in [5.74, 6) is 1.67. The first kappa shape index (κ1) is 22.1. The summed E-state index contributed by atoms with van der Waals surface area (Å²) >= 11 is 0. The minimum Gasteiger partial charge on any atom is -0.490 e. The third-order valence-corrected chi connectivity index (χ3v) is 6.92. The standard InChI is InChI=1S/C25H39NO3/c1-25(2,3)21-10-14-23(15-11-21)29-22-12-8-19(9-13-22)20-6-4-16-26(18-20)17-5-7-24(27)28/h8-9,12-13,20-21,23H,4-7,10-11,14-18H2,1-3H3,(H,27,28). The summed E-state index contributed by atoms with van der Waals surface area (Å²) in [5, 5.41) is 8.83. The topological polar surface area (TPSA) is 49.8 Å². The minimum atomic E-state index is -0.693. The number of carboxylic acids is 1. The Morgan fingerprint density at radius 1 is 1.10 bits per heavy atom. The molecule has 2 aliphatic rings. The van der Waals surface area contributed by atoms with E-state index in [-0.39, 0.29) is 6.42 Å². The highest BCUT2D eigenvalue weighted by atomic mass is 16.5. The van der Waals surface area contributed by atoms with Crippen molar-refractivity contribution in [3.05, 3.63) is 29.8 Å². The van der Waals surface area contributed by atoms with Crippen molar-refractivity contribution >= 4 is 5.97 Å². The number of carboxylic acid groups (broad SMARTS) is 1. The van der Waals surface area contributed by atoms with Gasteiger partial charge in [-0.2, -0.15) is 0 Å². The van der Waals surface area contributed by atoms with Crippen LogP contribution in [0, 0.1) is 11.3 Å². The van der Waals surface area contributed by atoms with Crippen molar-refractivity contribution in [1.29, 1.82) is 0 Å². The van der Waals surface area contributed by atoms with Crippen LogP contribution in [0.4, 0.5) is 0 Å². The average molecular weight is 402 g/mol. The summed E-state index contributed by atoms with van der Waals surface area (Å²) in [6, 6.07) is 8.77. The van der Waals surface area contributed by atoms with Crippen LogP contribution in [0.3, 0.4) is 0 Å². The summed E-state index contributed by atoms with van der Waals surface area (Å²) in [6.07, 6.45) is 8.64. The van der Waals surface area contributed by atoms with Crippen molar-refractivity contribution in [2.75, 3.05) is 19.6 Å². The lowest BCUT2D eigenvalue weighted by molar-refractivity contribution is -0.137. The number of hydrogen-bond donors (Lipinski definition) is 1. The first-order chi connectivity index (χ1) is 13.8. The Balaban J connectivity index is 1.47. The van der Waals surface area contributed by atoms with Gasteiger partial charge in [-0.1, -0.05) is 32.9 Å². The maximum atomic E-state index is 10.7. The Morgan fingerprint density at radius 3 is 2.41 bits per heavy atom. The number of likely N-dealkylation sites (tertiary alicyclic amines) is 1. The molecule has 1 atom stereocenters. The Bertz CT molecular complexity index is 641. The smallest absolute Gasteiger partial charge is 0.303 e. The fourth-order valence-electron chi connectivity index (χ4n) is 5.04. The Kier molecular flexibility index (Phi) is 7.61. The zero-order valence-corrected chi connectivity index (χ0v) is 18.5. The predicted octanol–water partition coefficient (Wildman–Crippen LogP) is 5.71. The van der Waals surface area contributed by atoms with Crippen LogP contribution in [-0.2, 0) is 4.79 Å². The van der Waals surface area contributed by atoms with E-state index in [4.69, 9.17) is 9.84 Å². The third-order valence-electron chi connectivity index (χ3n) is 6.92. The quantitative estimate of drug-likeness (QED) is 0.635.